The molecular weight excluding hydrogens is 368 g/mol. The van der Waals surface area contributed by atoms with Crippen molar-refractivity contribution in [1.82, 2.24) is 14.7 Å². The lowest BCUT2D eigenvalue weighted by Gasteiger charge is -2.23. The molecule has 2 aromatic heterocycles. The molecule has 0 spiro atoms. The Bertz CT molecular complexity index is 897. The Morgan fingerprint density at radius 1 is 1.32 bits per heavy atom. The zero-order valence-corrected chi connectivity index (χ0v) is 16.5. The average molecular weight is 389 g/mol. The van der Waals surface area contributed by atoms with Gasteiger partial charge in [0.2, 0.25) is 5.13 Å². The second-order valence-electron chi connectivity index (χ2n) is 6.29. The minimum atomic E-state index is 0.497. The van der Waals surface area contributed by atoms with Gasteiger partial charge < -0.3 is 5.32 Å². The fourth-order valence-corrected chi connectivity index (χ4v) is 5.17. The zero-order valence-electron chi connectivity index (χ0n) is 14.0. The summed E-state index contributed by atoms with van der Waals surface area (Å²) in [6.45, 7) is 3.94. The number of anilines is 2. The average Bonchev–Trinajstić information content (AvgIpc) is 3.30. The SMILES string of the molecule is Cc1cccc(Nc2nn(CN3CCC[C@@H]3c3cccs3)c(=S)s2)c1. The lowest BCUT2D eigenvalue weighted by molar-refractivity contribution is 0.193. The monoisotopic (exact) mass is 388 g/mol. The van der Waals surface area contributed by atoms with Crippen LogP contribution in [0.2, 0.25) is 0 Å². The Morgan fingerprint density at radius 2 is 2.24 bits per heavy atom. The number of benzene rings is 1. The molecule has 0 aliphatic carbocycles. The number of nitrogens with one attached hydrogen (secondary N) is 1. The molecule has 130 valence electrons. The number of aromatic nitrogens is 2. The summed E-state index contributed by atoms with van der Waals surface area (Å²) < 4.78 is 2.76. The van der Waals surface area contributed by atoms with Crippen molar-refractivity contribution in [3.05, 3.63) is 56.2 Å². The van der Waals surface area contributed by atoms with Gasteiger partial charge in [0, 0.05) is 23.2 Å². The van der Waals surface area contributed by atoms with Crippen LogP contribution in [0, 0.1) is 10.9 Å². The quantitative estimate of drug-likeness (QED) is 0.578. The first kappa shape index (κ1) is 16.9. The lowest BCUT2D eigenvalue weighted by Crippen LogP contribution is -2.26. The number of likely N-dealkylation sites (tertiary alicyclic amines) is 1. The van der Waals surface area contributed by atoms with Gasteiger partial charge in [0.25, 0.3) is 0 Å². The van der Waals surface area contributed by atoms with Crippen molar-refractivity contribution in [1.29, 1.82) is 0 Å². The molecule has 0 bridgehead atoms. The van der Waals surface area contributed by atoms with Gasteiger partial charge in [0.15, 0.2) is 3.95 Å². The largest absolute Gasteiger partial charge is 0.330 e. The van der Waals surface area contributed by atoms with Crippen molar-refractivity contribution >= 4 is 45.7 Å². The molecule has 1 aliphatic rings. The summed E-state index contributed by atoms with van der Waals surface area (Å²) in [5.74, 6) is 0. The van der Waals surface area contributed by atoms with Crippen LogP contribution >= 0.6 is 34.9 Å². The van der Waals surface area contributed by atoms with Crippen LogP contribution in [0.25, 0.3) is 0 Å². The van der Waals surface area contributed by atoms with Crippen LogP contribution in [-0.4, -0.2) is 21.2 Å². The normalized spacial score (nSPS) is 17.9. The molecule has 4 rings (SSSR count). The highest BCUT2D eigenvalue weighted by Crippen LogP contribution is 2.35. The van der Waals surface area contributed by atoms with E-state index in [4.69, 9.17) is 17.3 Å². The summed E-state index contributed by atoms with van der Waals surface area (Å²) in [6.07, 6.45) is 2.45. The van der Waals surface area contributed by atoms with Gasteiger partial charge in [-0.3, -0.25) is 4.90 Å². The van der Waals surface area contributed by atoms with E-state index in [0.29, 0.717) is 6.04 Å². The molecule has 0 unspecified atom stereocenters. The third-order valence-electron chi connectivity index (χ3n) is 4.43. The summed E-state index contributed by atoms with van der Waals surface area (Å²) in [5.41, 5.74) is 2.28. The summed E-state index contributed by atoms with van der Waals surface area (Å²) in [7, 11) is 0. The van der Waals surface area contributed by atoms with Gasteiger partial charge >= 0.3 is 0 Å². The zero-order chi connectivity index (χ0) is 17.2. The summed E-state index contributed by atoms with van der Waals surface area (Å²) >= 11 is 8.91. The molecule has 0 amide bonds. The van der Waals surface area contributed by atoms with Crippen molar-refractivity contribution in [3.8, 4) is 0 Å². The van der Waals surface area contributed by atoms with Gasteiger partial charge in [-0.05, 0) is 61.1 Å². The molecule has 25 heavy (non-hydrogen) atoms. The molecule has 1 aliphatic heterocycles. The Kier molecular flexibility index (Phi) is 4.98. The predicted molar refractivity (Wildman–Crippen MR) is 108 cm³/mol. The third-order valence-corrected chi connectivity index (χ3v) is 6.62. The maximum Gasteiger partial charge on any atom is 0.209 e. The fourth-order valence-electron chi connectivity index (χ4n) is 3.26. The van der Waals surface area contributed by atoms with Crippen molar-refractivity contribution in [2.75, 3.05) is 11.9 Å². The van der Waals surface area contributed by atoms with E-state index in [0.717, 1.165) is 28.0 Å². The first-order valence-electron chi connectivity index (χ1n) is 8.38. The fraction of sp³-hybridized carbons (Fsp3) is 0.333. The molecule has 1 aromatic carbocycles. The molecule has 4 nitrogen and oxygen atoms in total. The van der Waals surface area contributed by atoms with E-state index in [1.807, 2.05) is 22.1 Å². The van der Waals surface area contributed by atoms with Crippen molar-refractivity contribution in [2.24, 2.45) is 0 Å². The van der Waals surface area contributed by atoms with Gasteiger partial charge in [0.1, 0.15) is 0 Å². The van der Waals surface area contributed by atoms with Crippen LogP contribution in [0.3, 0.4) is 0 Å². The molecule has 3 aromatic rings. The van der Waals surface area contributed by atoms with Crippen LogP contribution in [-0.2, 0) is 6.67 Å². The molecule has 3 heterocycles. The van der Waals surface area contributed by atoms with E-state index < -0.39 is 0 Å². The molecule has 1 fully saturated rings. The highest BCUT2D eigenvalue weighted by Gasteiger charge is 2.27. The van der Waals surface area contributed by atoms with E-state index in [1.54, 1.807) is 0 Å². The topological polar surface area (TPSA) is 33.1 Å². The number of rotatable bonds is 5. The molecular formula is C18H20N4S3. The third kappa shape index (κ3) is 3.84. The summed E-state index contributed by atoms with van der Waals surface area (Å²) in [4.78, 5) is 3.93. The standard InChI is InChI=1S/C18H20N4S3/c1-13-5-2-6-14(11-13)19-17-20-22(18(23)25-17)12-21-9-3-7-15(21)16-8-4-10-24-16/h2,4-6,8,10-11,15H,3,7,9,12H2,1H3,(H,19,20)/t15-/m1/s1. The molecule has 7 heteroatoms. The van der Waals surface area contributed by atoms with Crippen molar-refractivity contribution in [2.45, 2.75) is 32.5 Å². The summed E-state index contributed by atoms with van der Waals surface area (Å²) in [5, 5.41) is 11.1. The van der Waals surface area contributed by atoms with E-state index in [1.165, 1.54) is 34.6 Å². The number of hydrogen-bond acceptors (Lipinski definition) is 6. The van der Waals surface area contributed by atoms with Gasteiger partial charge in [-0.2, -0.15) is 0 Å². The molecule has 0 radical (unpaired) electrons. The van der Waals surface area contributed by atoms with E-state index >= 15 is 0 Å². The Morgan fingerprint density at radius 3 is 3.04 bits per heavy atom. The number of hydrogen-bond donors (Lipinski definition) is 1. The van der Waals surface area contributed by atoms with Gasteiger partial charge in [-0.1, -0.05) is 29.5 Å². The Hall–Kier alpha value is -1.54. The first-order chi connectivity index (χ1) is 12.2. The Labute approximate surface area is 160 Å². The number of thiophene rings is 1. The maximum absolute atomic E-state index is 5.54. The van der Waals surface area contributed by atoms with Crippen LogP contribution in [0.4, 0.5) is 10.8 Å². The maximum atomic E-state index is 5.54. The van der Waals surface area contributed by atoms with E-state index in [2.05, 4.69) is 52.9 Å². The van der Waals surface area contributed by atoms with Gasteiger partial charge in [-0.15, -0.1) is 16.4 Å². The van der Waals surface area contributed by atoms with Gasteiger partial charge in [0.05, 0.1) is 6.67 Å². The first-order valence-corrected chi connectivity index (χ1v) is 10.5. The number of nitrogens with zero attached hydrogens (tertiary/aromatic N) is 3. The predicted octanol–water partition coefficient (Wildman–Crippen LogP) is 5.58. The highest BCUT2D eigenvalue weighted by atomic mass is 32.1. The van der Waals surface area contributed by atoms with Crippen molar-refractivity contribution < 1.29 is 0 Å². The lowest BCUT2D eigenvalue weighted by atomic mass is 10.2. The molecule has 1 saturated heterocycles. The smallest absolute Gasteiger partial charge is 0.209 e. The van der Waals surface area contributed by atoms with Crippen LogP contribution in [0.5, 0.6) is 0 Å². The van der Waals surface area contributed by atoms with Gasteiger partial charge in [-0.25, -0.2) is 4.68 Å². The molecule has 1 N–H and O–H groups in total. The number of aryl methyl sites for hydroxylation is 1. The van der Waals surface area contributed by atoms with Crippen molar-refractivity contribution in [3.63, 3.8) is 0 Å². The highest BCUT2D eigenvalue weighted by molar-refractivity contribution is 7.73. The minimum Gasteiger partial charge on any atom is -0.330 e. The molecule has 0 saturated carbocycles. The second kappa shape index (κ2) is 7.37. The van der Waals surface area contributed by atoms with E-state index in [9.17, 15) is 0 Å². The summed E-state index contributed by atoms with van der Waals surface area (Å²) in [6, 6.07) is 13.2. The minimum absolute atomic E-state index is 0.497. The van der Waals surface area contributed by atoms with Crippen LogP contribution < -0.4 is 5.32 Å². The van der Waals surface area contributed by atoms with Crippen LogP contribution in [0.15, 0.2) is 41.8 Å². The van der Waals surface area contributed by atoms with Crippen LogP contribution in [0.1, 0.15) is 29.3 Å². The molecule has 1 atom stereocenters. The van der Waals surface area contributed by atoms with E-state index in [-0.39, 0.29) is 0 Å². The Balaban J connectivity index is 1.50. The second-order valence-corrected chi connectivity index (χ2v) is 8.90.